The Morgan fingerprint density at radius 1 is 1.23 bits per heavy atom. The lowest BCUT2D eigenvalue weighted by Gasteiger charge is -2.32. The van der Waals surface area contributed by atoms with E-state index in [4.69, 9.17) is 11.6 Å². The number of carbonyl (C=O) groups is 2. The molecule has 0 saturated carbocycles. The molecule has 144 valence electrons. The lowest BCUT2D eigenvalue weighted by atomic mass is 10.2. The summed E-state index contributed by atoms with van der Waals surface area (Å²) in [5, 5.41) is 6.52. The van der Waals surface area contributed by atoms with Crippen LogP contribution in [0.15, 0.2) is 24.3 Å². The summed E-state index contributed by atoms with van der Waals surface area (Å²) in [6.45, 7) is 8.96. The highest BCUT2D eigenvalue weighted by molar-refractivity contribution is 6.30. The third-order valence-electron chi connectivity index (χ3n) is 4.96. The van der Waals surface area contributed by atoms with Crippen molar-refractivity contribution in [3.63, 3.8) is 0 Å². The molecule has 0 unspecified atom stereocenters. The lowest BCUT2D eigenvalue weighted by molar-refractivity contribution is -1.01. The van der Waals surface area contributed by atoms with Gasteiger partial charge >= 0.3 is 0 Å². The molecule has 1 saturated heterocycles. The van der Waals surface area contributed by atoms with E-state index in [0.29, 0.717) is 11.6 Å². The molecule has 1 atom stereocenters. The van der Waals surface area contributed by atoms with Crippen molar-refractivity contribution in [2.75, 3.05) is 44.6 Å². The number of hydrogen-bond acceptors (Lipinski definition) is 2. The first-order valence-electron chi connectivity index (χ1n) is 9.51. The van der Waals surface area contributed by atoms with Gasteiger partial charge in [-0.3, -0.25) is 9.59 Å². The maximum absolute atomic E-state index is 12.5. The normalized spacial score (nSPS) is 21.0. The lowest BCUT2D eigenvalue weighted by Crippen LogP contribution is -3.30. The molecular formula is C19H31ClN4O2+2. The van der Waals surface area contributed by atoms with E-state index in [1.54, 1.807) is 12.1 Å². The fourth-order valence-corrected chi connectivity index (χ4v) is 3.42. The molecular weight excluding hydrogens is 352 g/mol. The Bertz CT molecular complexity index is 603. The first-order valence-corrected chi connectivity index (χ1v) is 9.88. The molecule has 1 aromatic carbocycles. The number of nitrogens with one attached hydrogen (secondary N) is 4. The van der Waals surface area contributed by atoms with E-state index < -0.39 is 0 Å². The van der Waals surface area contributed by atoms with Crippen LogP contribution in [0.3, 0.4) is 0 Å². The van der Waals surface area contributed by atoms with Crippen molar-refractivity contribution in [1.29, 1.82) is 0 Å². The van der Waals surface area contributed by atoms with Crippen molar-refractivity contribution in [3.05, 3.63) is 29.3 Å². The van der Waals surface area contributed by atoms with Crippen LogP contribution in [0.2, 0.25) is 5.02 Å². The molecule has 0 bridgehead atoms. The summed E-state index contributed by atoms with van der Waals surface area (Å²) in [7, 11) is 0. The zero-order chi connectivity index (χ0) is 18.9. The van der Waals surface area contributed by atoms with Gasteiger partial charge in [-0.05, 0) is 31.5 Å². The summed E-state index contributed by atoms with van der Waals surface area (Å²) < 4.78 is 0. The van der Waals surface area contributed by atoms with Crippen molar-refractivity contribution in [2.24, 2.45) is 0 Å². The molecule has 1 aliphatic heterocycles. The average molecular weight is 383 g/mol. The number of amides is 2. The van der Waals surface area contributed by atoms with Gasteiger partial charge < -0.3 is 20.4 Å². The molecule has 26 heavy (non-hydrogen) atoms. The third kappa shape index (κ3) is 6.59. The summed E-state index contributed by atoms with van der Waals surface area (Å²) in [6.07, 6.45) is 2.11. The summed E-state index contributed by atoms with van der Waals surface area (Å²) in [5.74, 6) is 0.131. The van der Waals surface area contributed by atoms with Crippen LogP contribution in [0.25, 0.3) is 0 Å². The van der Waals surface area contributed by atoms with E-state index in [9.17, 15) is 9.59 Å². The summed E-state index contributed by atoms with van der Waals surface area (Å²) in [5.41, 5.74) is 0.724. The molecule has 0 aliphatic carbocycles. The largest absolute Gasteiger partial charge is 0.351 e. The Balaban J connectivity index is 1.74. The maximum Gasteiger partial charge on any atom is 0.282 e. The smallest absolute Gasteiger partial charge is 0.282 e. The third-order valence-corrected chi connectivity index (χ3v) is 5.20. The second kappa shape index (κ2) is 10.5. The highest BCUT2D eigenvalue weighted by Gasteiger charge is 2.31. The Hall–Kier alpha value is -1.63. The highest BCUT2D eigenvalue weighted by atomic mass is 35.5. The number of piperazine rings is 1. The first-order chi connectivity index (χ1) is 12.5. The molecule has 2 rings (SSSR count). The summed E-state index contributed by atoms with van der Waals surface area (Å²) in [4.78, 5) is 27.0. The van der Waals surface area contributed by atoms with Crippen molar-refractivity contribution < 1.29 is 19.4 Å². The van der Waals surface area contributed by atoms with Crippen LogP contribution < -0.4 is 20.4 Å². The SMILES string of the molecule is CCCCNC(=O)C[NH+]1CC[NH+]([C@@H](C)C(=O)Nc2cccc(Cl)c2)CC1. The van der Waals surface area contributed by atoms with Gasteiger partial charge in [-0.1, -0.05) is 31.0 Å². The molecule has 0 aromatic heterocycles. The highest BCUT2D eigenvalue weighted by Crippen LogP contribution is 2.14. The number of quaternary nitrogens is 2. The van der Waals surface area contributed by atoms with Gasteiger partial charge in [0.1, 0.15) is 26.2 Å². The van der Waals surface area contributed by atoms with Crippen LogP contribution in [0, 0.1) is 0 Å². The first kappa shape index (κ1) is 20.7. The predicted octanol–water partition coefficient (Wildman–Crippen LogP) is -0.633. The molecule has 7 heteroatoms. The Kier molecular flexibility index (Phi) is 8.35. The fraction of sp³-hybridized carbons (Fsp3) is 0.579. The van der Waals surface area contributed by atoms with Gasteiger partial charge in [-0.15, -0.1) is 0 Å². The number of unbranched alkanes of at least 4 members (excludes halogenated alkanes) is 1. The molecule has 1 aliphatic rings. The van der Waals surface area contributed by atoms with Gasteiger partial charge in [0.15, 0.2) is 12.6 Å². The molecule has 6 nitrogen and oxygen atoms in total. The maximum atomic E-state index is 12.5. The molecule has 0 spiro atoms. The minimum absolute atomic E-state index is 0.00280. The van der Waals surface area contributed by atoms with Crippen LogP contribution >= 0.6 is 11.6 Å². The van der Waals surface area contributed by atoms with Crippen LogP contribution in [-0.4, -0.2) is 57.1 Å². The van der Waals surface area contributed by atoms with Gasteiger partial charge in [-0.2, -0.15) is 0 Å². The van der Waals surface area contributed by atoms with E-state index in [1.807, 2.05) is 19.1 Å². The van der Waals surface area contributed by atoms with E-state index in [0.717, 1.165) is 51.3 Å². The second-order valence-electron chi connectivity index (χ2n) is 7.01. The van der Waals surface area contributed by atoms with Gasteiger partial charge in [0.05, 0.1) is 0 Å². The predicted molar refractivity (Wildman–Crippen MR) is 104 cm³/mol. The molecule has 0 radical (unpaired) electrons. The quantitative estimate of drug-likeness (QED) is 0.452. The van der Waals surface area contributed by atoms with Gasteiger partial charge in [-0.25, -0.2) is 0 Å². The van der Waals surface area contributed by atoms with Crippen molar-refractivity contribution >= 4 is 29.1 Å². The monoisotopic (exact) mass is 382 g/mol. The standard InChI is InChI=1S/C19H29ClN4O2/c1-3-4-8-21-18(25)14-23-9-11-24(12-10-23)15(2)19(26)22-17-7-5-6-16(20)13-17/h5-7,13,15H,3-4,8-12,14H2,1-2H3,(H,21,25)(H,22,26)/p+2/t15-/m0/s1. The minimum atomic E-state index is -0.131. The fourth-order valence-electron chi connectivity index (χ4n) is 3.23. The second-order valence-corrected chi connectivity index (χ2v) is 7.45. The van der Waals surface area contributed by atoms with E-state index in [2.05, 4.69) is 17.6 Å². The Labute approximate surface area is 160 Å². The molecule has 4 N–H and O–H groups in total. The zero-order valence-electron chi connectivity index (χ0n) is 15.7. The van der Waals surface area contributed by atoms with Crippen LogP contribution in [0.4, 0.5) is 5.69 Å². The van der Waals surface area contributed by atoms with E-state index >= 15 is 0 Å². The number of carbonyl (C=O) groups excluding carboxylic acids is 2. The Morgan fingerprint density at radius 3 is 2.62 bits per heavy atom. The van der Waals surface area contributed by atoms with Gasteiger partial charge in [0.2, 0.25) is 0 Å². The minimum Gasteiger partial charge on any atom is -0.351 e. The van der Waals surface area contributed by atoms with E-state index in [-0.39, 0.29) is 17.9 Å². The van der Waals surface area contributed by atoms with Gasteiger partial charge in [0, 0.05) is 17.3 Å². The van der Waals surface area contributed by atoms with Crippen LogP contribution in [0.1, 0.15) is 26.7 Å². The van der Waals surface area contributed by atoms with E-state index in [1.165, 1.54) is 9.80 Å². The number of rotatable bonds is 8. The Morgan fingerprint density at radius 2 is 1.96 bits per heavy atom. The van der Waals surface area contributed by atoms with Crippen LogP contribution in [-0.2, 0) is 9.59 Å². The molecule has 1 heterocycles. The number of halogens is 1. The van der Waals surface area contributed by atoms with Crippen LogP contribution in [0.5, 0.6) is 0 Å². The molecule has 1 fully saturated rings. The number of hydrogen-bond donors (Lipinski definition) is 4. The topological polar surface area (TPSA) is 67.1 Å². The molecule has 1 aromatic rings. The number of benzene rings is 1. The van der Waals surface area contributed by atoms with Crippen molar-refractivity contribution in [3.8, 4) is 0 Å². The number of anilines is 1. The molecule has 2 amide bonds. The average Bonchev–Trinajstić information content (AvgIpc) is 2.62. The summed E-state index contributed by atoms with van der Waals surface area (Å²) >= 11 is 5.96. The van der Waals surface area contributed by atoms with Gasteiger partial charge in [0.25, 0.3) is 11.8 Å². The van der Waals surface area contributed by atoms with Crippen molar-refractivity contribution in [1.82, 2.24) is 5.32 Å². The zero-order valence-corrected chi connectivity index (χ0v) is 16.5. The van der Waals surface area contributed by atoms with Crippen molar-refractivity contribution in [2.45, 2.75) is 32.7 Å². The summed E-state index contributed by atoms with van der Waals surface area (Å²) in [6, 6.07) is 7.07.